The van der Waals surface area contributed by atoms with Crippen molar-refractivity contribution in [2.45, 2.75) is 88.9 Å². The van der Waals surface area contributed by atoms with Crippen LogP contribution in [0.4, 0.5) is 26.7 Å². The predicted molar refractivity (Wildman–Crippen MR) is 168 cm³/mol. The van der Waals surface area contributed by atoms with Gasteiger partial charge in [0.15, 0.2) is 11.6 Å². The van der Waals surface area contributed by atoms with Gasteiger partial charge >= 0.3 is 18.2 Å². The Balaban J connectivity index is 1.69. The molecule has 1 aliphatic rings. The van der Waals surface area contributed by atoms with E-state index in [-0.39, 0.29) is 41.9 Å². The molecule has 0 aliphatic heterocycles. The molecule has 11 heteroatoms. The van der Waals surface area contributed by atoms with Crippen LogP contribution in [0.1, 0.15) is 87.0 Å². The van der Waals surface area contributed by atoms with E-state index in [4.69, 9.17) is 9.47 Å². The van der Waals surface area contributed by atoms with Gasteiger partial charge in [0.1, 0.15) is 5.82 Å². The van der Waals surface area contributed by atoms with Crippen LogP contribution in [-0.4, -0.2) is 31.3 Å². The molecule has 0 aromatic heterocycles. The summed E-state index contributed by atoms with van der Waals surface area (Å²) in [7, 11) is 0. The molecule has 1 saturated carbocycles. The Labute approximate surface area is 272 Å². The second-order valence-corrected chi connectivity index (χ2v) is 11.8. The number of nitrogens with one attached hydrogen (secondary N) is 2. The zero-order valence-electron chi connectivity index (χ0n) is 26.4. The van der Waals surface area contributed by atoms with Gasteiger partial charge in [-0.1, -0.05) is 62.1 Å². The Morgan fingerprint density at radius 2 is 1.55 bits per heavy atom. The van der Waals surface area contributed by atoms with Gasteiger partial charge in [0.25, 0.3) is 0 Å². The van der Waals surface area contributed by atoms with Gasteiger partial charge < -0.3 is 20.1 Å². The number of ether oxygens (including phenoxy) is 2. The Hall–Kier alpha value is -4.15. The summed E-state index contributed by atoms with van der Waals surface area (Å²) in [6.07, 6.45) is 1.42. The quantitative estimate of drug-likeness (QED) is 0.0973. The van der Waals surface area contributed by atoms with Crippen molar-refractivity contribution < 1.29 is 41.0 Å². The summed E-state index contributed by atoms with van der Waals surface area (Å²) < 4.78 is 82.8. The number of carbonyl (C=O) groups is 2. The average molecular weight is 661 g/mol. The third-order valence-electron chi connectivity index (χ3n) is 8.31. The second kappa shape index (κ2) is 16.6. The molecular formula is C36H41F5N2O4. The average Bonchev–Trinajstić information content (AvgIpc) is 3.54. The molecular weight excluding hydrogens is 619 g/mol. The van der Waals surface area contributed by atoms with Gasteiger partial charge in [0.2, 0.25) is 0 Å². The summed E-state index contributed by atoms with van der Waals surface area (Å²) in [4.78, 5) is 25.1. The lowest BCUT2D eigenvalue weighted by Crippen LogP contribution is -2.53. The van der Waals surface area contributed by atoms with Crippen molar-refractivity contribution in [1.82, 2.24) is 10.6 Å². The maximum atomic E-state index is 15.1. The lowest BCUT2D eigenvalue weighted by atomic mass is 9.77. The lowest BCUT2D eigenvalue weighted by molar-refractivity contribution is -0.143. The normalized spacial score (nSPS) is 14.8. The van der Waals surface area contributed by atoms with Gasteiger partial charge in [0, 0.05) is 18.9 Å². The van der Waals surface area contributed by atoms with E-state index in [1.807, 2.05) is 0 Å². The van der Waals surface area contributed by atoms with Crippen LogP contribution in [0.15, 0.2) is 66.7 Å². The lowest BCUT2D eigenvalue weighted by Gasteiger charge is -2.37. The van der Waals surface area contributed by atoms with E-state index < -0.39 is 34.9 Å². The molecule has 4 rings (SSSR count). The fraction of sp³-hybridized carbons (Fsp3) is 0.444. The summed E-state index contributed by atoms with van der Waals surface area (Å²) in [6.45, 7) is 2.21. The topological polar surface area (TPSA) is 76.7 Å². The zero-order chi connectivity index (χ0) is 33.9. The summed E-state index contributed by atoms with van der Waals surface area (Å²) in [6, 6.07) is 14.1. The molecule has 1 aliphatic carbocycles. The van der Waals surface area contributed by atoms with E-state index >= 15 is 4.39 Å². The highest BCUT2D eigenvalue weighted by molar-refractivity contribution is 5.76. The monoisotopic (exact) mass is 660 g/mol. The number of alkyl halides is 3. The molecule has 1 fully saturated rings. The Bertz CT molecular complexity index is 1480. The third kappa shape index (κ3) is 10.2. The molecule has 6 nitrogen and oxygen atoms in total. The number of rotatable bonds is 15. The van der Waals surface area contributed by atoms with Crippen LogP contribution in [0, 0.1) is 11.6 Å². The molecule has 2 amide bonds. The summed E-state index contributed by atoms with van der Waals surface area (Å²) >= 11 is 0. The minimum absolute atomic E-state index is 0.0712. The molecule has 47 heavy (non-hydrogen) atoms. The van der Waals surface area contributed by atoms with Crippen molar-refractivity contribution in [3.8, 4) is 5.75 Å². The first-order valence-electron chi connectivity index (χ1n) is 16.1. The third-order valence-corrected chi connectivity index (χ3v) is 8.31. The Morgan fingerprint density at radius 1 is 0.851 bits per heavy atom. The maximum absolute atomic E-state index is 15.1. The highest BCUT2D eigenvalue weighted by Crippen LogP contribution is 2.40. The van der Waals surface area contributed by atoms with Crippen LogP contribution < -0.4 is 15.4 Å². The van der Waals surface area contributed by atoms with Crippen molar-refractivity contribution >= 4 is 12.0 Å². The largest absolute Gasteiger partial charge is 0.491 e. The molecule has 0 radical (unpaired) electrons. The molecule has 3 aromatic rings. The molecule has 254 valence electrons. The number of hydrogen-bond donors (Lipinski definition) is 2. The van der Waals surface area contributed by atoms with Gasteiger partial charge in [-0.05, 0) is 79.6 Å². The fourth-order valence-electron chi connectivity index (χ4n) is 5.97. The fourth-order valence-corrected chi connectivity index (χ4v) is 5.97. The number of urea groups is 1. The number of unbranched alkanes of at least 4 members (excludes halogenated alkanes) is 3. The molecule has 0 saturated heterocycles. The standard InChI is InChI=1S/C36H41F5N2O4/c1-2-46-33(44)16-8-3-4-11-19-47-32-23-26(17-18-31(32)38)35(24-25-12-6-5-7-13-25,43-34(45)42-30-14-9-10-15-30)27-20-28(36(39,40)41)22-29(37)21-27/h5-7,12-13,17-18,20-23,30H,2-4,8-11,14-16,19,24H2,1H3,(H2,42,43,45). The molecule has 0 heterocycles. The Kier molecular flexibility index (Phi) is 12.6. The van der Waals surface area contributed by atoms with E-state index in [9.17, 15) is 27.2 Å². The van der Waals surface area contributed by atoms with E-state index in [1.54, 1.807) is 37.3 Å². The first-order valence-corrected chi connectivity index (χ1v) is 16.1. The summed E-state index contributed by atoms with van der Waals surface area (Å²) in [5.41, 5.74) is -2.28. The van der Waals surface area contributed by atoms with Gasteiger partial charge in [-0.25, -0.2) is 13.6 Å². The van der Waals surface area contributed by atoms with Gasteiger partial charge in [-0.15, -0.1) is 0 Å². The van der Waals surface area contributed by atoms with Crippen LogP contribution >= 0.6 is 0 Å². The SMILES string of the molecule is CCOC(=O)CCCCCCOc1cc(C(Cc2ccccc2)(NC(=O)NC2CCCC2)c2cc(F)cc(C(F)(F)F)c2)ccc1F. The van der Waals surface area contributed by atoms with Crippen LogP contribution in [0.3, 0.4) is 0 Å². The first-order chi connectivity index (χ1) is 22.5. The number of esters is 1. The van der Waals surface area contributed by atoms with Crippen LogP contribution in [0.2, 0.25) is 0 Å². The highest BCUT2D eigenvalue weighted by atomic mass is 19.4. The molecule has 1 atom stereocenters. The predicted octanol–water partition coefficient (Wildman–Crippen LogP) is 8.60. The minimum atomic E-state index is -4.87. The van der Waals surface area contributed by atoms with Crippen molar-refractivity contribution in [3.63, 3.8) is 0 Å². The molecule has 0 bridgehead atoms. The van der Waals surface area contributed by atoms with Gasteiger partial charge in [-0.3, -0.25) is 4.79 Å². The number of carbonyl (C=O) groups excluding carboxylic acids is 2. The number of hydrogen-bond acceptors (Lipinski definition) is 4. The van der Waals surface area contributed by atoms with Gasteiger partial charge in [0.05, 0.1) is 24.3 Å². The van der Waals surface area contributed by atoms with Crippen molar-refractivity contribution in [1.29, 1.82) is 0 Å². The first kappa shape index (κ1) is 35.7. The van der Waals surface area contributed by atoms with Crippen LogP contribution in [0.25, 0.3) is 0 Å². The van der Waals surface area contributed by atoms with Crippen molar-refractivity contribution in [3.05, 3.63) is 101 Å². The summed E-state index contributed by atoms with van der Waals surface area (Å²) in [5.74, 6) is -2.24. The van der Waals surface area contributed by atoms with Crippen LogP contribution in [-0.2, 0) is 27.7 Å². The van der Waals surface area contributed by atoms with Crippen molar-refractivity contribution in [2.75, 3.05) is 13.2 Å². The molecule has 2 N–H and O–H groups in total. The van der Waals surface area contributed by atoms with E-state index in [0.717, 1.165) is 50.3 Å². The van der Waals surface area contributed by atoms with Crippen LogP contribution in [0.5, 0.6) is 5.75 Å². The number of amides is 2. The zero-order valence-corrected chi connectivity index (χ0v) is 26.4. The molecule has 1 unspecified atom stereocenters. The summed E-state index contributed by atoms with van der Waals surface area (Å²) in [5, 5.41) is 5.82. The second-order valence-electron chi connectivity index (χ2n) is 11.8. The Morgan fingerprint density at radius 3 is 2.26 bits per heavy atom. The molecule has 0 spiro atoms. The maximum Gasteiger partial charge on any atom is 0.416 e. The van der Waals surface area contributed by atoms with E-state index in [2.05, 4.69) is 10.6 Å². The molecule has 3 aromatic carbocycles. The minimum Gasteiger partial charge on any atom is -0.491 e. The number of benzene rings is 3. The van der Waals surface area contributed by atoms with Crippen molar-refractivity contribution in [2.24, 2.45) is 0 Å². The smallest absolute Gasteiger partial charge is 0.416 e. The van der Waals surface area contributed by atoms with E-state index in [1.165, 1.54) is 12.1 Å². The number of halogens is 5. The van der Waals surface area contributed by atoms with E-state index in [0.29, 0.717) is 43.9 Å². The van der Waals surface area contributed by atoms with Gasteiger partial charge in [-0.2, -0.15) is 13.2 Å². The highest BCUT2D eigenvalue weighted by Gasteiger charge is 2.41.